The van der Waals surface area contributed by atoms with E-state index >= 15 is 0 Å². The number of benzene rings is 1. The number of rotatable bonds is 2. The highest BCUT2D eigenvalue weighted by molar-refractivity contribution is 5.42. The Morgan fingerprint density at radius 1 is 1.20 bits per heavy atom. The van der Waals surface area contributed by atoms with E-state index in [1.165, 1.54) is 5.56 Å². The highest BCUT2D eigenvalue weighted by atomic mass is 14.8. The molecule has 3 nitrogen and oxygen atoms in total. The van der Waals surface area contributed by atoms with Gasteiger partial charge in [0.15, 0.2) is 0 Å². The first-order valence-corrected chi connectivity index (χ1v) is 6.70. The zero-order chi connectivity index (χ0) is 14.8. The Morgan fingerprint density at radius 2 is 1.95 bits per heavy atom. The summed E-state index contributed by atoms with van der Waals surface area (Å²) >= 11 is 0. The first kappa shape index (κ1) is 14.2. The molecule has 0 radical (unpaired) electrons. The maximum Gasteiger partial charge on any atom is 0.115 e. The fourth-order valence-corrected chi connectivity index (χ4v) is 2.22. The fraction of sp³-hybridized carbons (Fsp3) is 0.353. The zero-order valence-electron chi connectivity index (χ0n) is 12.4. The van der Waals surface area contributed by atoms with Crippen molar-refractivity contribution in [1.29, 1.82) is 5.26 Å². The second kappa shape index (κ2) is 5.42. The first-order chi connectivity index (χ1) is 9.43. The van der Waals surface area contributed by atoms with Crippen molar-refractivity contribution in [2.45, 2.75) is 39.0 Å². The molecule has 1 atom stereocenters. The molecule has 1 aromatic carbocycles. The molecule has 2 aromatic rings. The molecule has 0 amide bonds. The third-order valence-electron chi connectivity index (χ3n) is 3.45. The molecule has 0 spiro atoms. The molecule has 0 saturated carbocycles. The molecule has 0 saturated heterocycles. The summed E-state index contributed by atoms with van der Waals surface area (Å²) in [5, 5.41) is 9.47. The largest absolute Gasteiger partial charge is 0.261 e. The van der Waals surface area contributed by atoms with E-state index in [4.69, 9.17) is 0 Å². The van der Waals surface area contributed by atoms with Crippen LogP contribution in [0.4, 0.5) is 0 Å². The Hall–Kier alpha value is -2.21. The van der Waals surface area contributed by atoms with Crippen molar-refractivity contribution in [2.75, 3.05) is 0 Å². The maximum absolute atomic E-state index is 9.47. The Bertz CT molecular complexity index is 634. The van der Waals surface area contributed by atoms with Crippen LogP contribution in [0.15, 0.2) is 36.8 Å². The maximum atomic E-state index is 9.47. The molecule has 0 N–H and O–H groups in total. The molecule has 0 aliphatic heterocycles. The molecule has 1 unspecified atom stereocenters. The minimum atomic E-state index is -0.363. The van der Waals surface area contributed by atoms with Gasteiger partial charge < -0.3 is 0 Å². The number of nitrogens with zero attached hydrogens (tertiary/aromatic N) is 3. The van der Waals surface area contributed by atoms with Crippen LogP contribution in [-0.2, 0) is 5.41 Å². The number of hydrogen-bond acceptors (Lipinski definition) is 3. The molecule has 0 bridgehead atoms. The molecule has 20 heavy (non-hydrogen) atoms. The third kappa shape index (κ3) is 2.85. The molecule has 0 aliphatic carbocycles. The lowest BCUT2D eigenvalue weighted by atomic mass is 9.83. The van der Waals surface area contributed by atoms with Crippen LogP contribution in [0.2, 0.25) is 0 Å². The summed E-state index contributed by atoms with van der Waals surface area (Å²) in [5.74, 6) is -0.363. The Balaban J connectivity index is 2.45. The molecule has 1 aromatic heterocycles. The smallest absolute Gasteiger partial charge is 0.115 e. The summed E-state index contributed by atoms with van der Waals surface area (Å²) in [6.45, 7) is 8.61. The average molecular weight is 265 g/mol. The zero-order valence-corrected chi connectivity index (χ0v) is 12.4. The summed E-state index contributed by atoms with van der Waals surface area (Å²) in [5.41, 5.74) is 4.20. The standard InChI is InChI=1S/C17H19N3/c1-12-9-13(17(2,3)4)5-6-14(12)15(10-18)16-11-19-7-8-20-16/h5-9,11,15H,1-4H3. The number of aryl methyl sites for hydroxylation is 1. The lowest BCUT2D eigenvalue weighted by Crippen LogP contribution is -2.12. The topological polar surface area (TPSA) is 49.6 Å². The molecular formula is C17H19N3. The second-order valence-electron chi connectivity index (χ2n) is 6.01. The van der Waals surface area contributed by atoms with Gasteiger partial charge in [0.2, 0.25) is 0 Å². The van der Waals surface area contributed by atoms with E-state index in [2.05, 4.69) is 48.9 Å². The molecule has 0 fully saturated rings. The van der Waals surface area contributed by atoms with E-state index in [1.54, 1.807) is 18.6 Å². The third-order valence-corrected chi connectivity index (χ3v) is 3.45. The van der Waals surface area contributed by atoms with Gasteiger partial charge in [0, 0.05) is 12.4 Å². The van der Waals surface area contributed by atoms with Crippen LogP contribution in [-0.4, -0.2) is 9.97 Å². The highest BCUT2D eigenvalue weighted by Gasteiger charge is 2.20. The molecule has 2 rings (SSSR count). The van der Waals surface area contributed by atoms with Crippen molar-refractivity contribution in [3.63, 3.8) is 0 Å². The van der Waals surface area contributed by atoms with E-state index in [-0.39, 0.29) is 11.3 Å². The number of hydrogen-bond donors (Lipinski definition) is 0. The molecule has 1 heterocycles. The van der Waals surface area contributed by atoms with Gasteiger partial charge in [-0.3, -0.25) is 9.97 Å². The van der Waals surface area contributed by atoms with Crippen LogP contribution in [0.25, 0.3) is 0 Å². The van der Waals surface area contributed by atoms with E-state index in [0.29, 0.717) is 5.69 Å². The van der Waals surface area contributed by atoms with E-state index in [1.807, 2.05) is 13.0 Å². The summed E-state index contributed by atoms with van der Waals surface area (Å²) in [7, 11) is 0. The average Bonchev–Trinajstić information content (AvgIpc) is 2.41. The Kier molecular flexibility index (Phi) is 3.85. The van der Waals surface area contributed by atoms with Crippen molar-refractivity contribution >= 4 is 0 Å². The van der Waals surface area contributed by atoms with Crippen LogP contribution in [0.5, 0.6) is 0 Å². The molecule has 102 valence electrons. The predicted octanol–water partition coefficient (Wildman–Crippen LogP) is 3.74. The van der Waals surface area contributed by atoms with Crippen LogP contribution >= 0.6 is 0 Å². The van der Waals surface area contributed by atoms with Gasteiger partial charge >= 0.3 is 0 Å². The van der Waals surface area contributed by atoms with Crippen LogP contribution in [0, 0.1) is 18.3 Å². The van der Waals surface area contributed by atoms with E-state index < -0.39 is 0 Å². The lowest BCUT2D eigenvalue weighted by Gasteiger charge is -2.21. The normalized spacial score (nSPS) is 12.8. The fourth-order valence-electron chi connectivity index (χ4n) is 2.22. The predicted molar refractivity (Wildman–Crippen MR) is 79.4 cm³/mol. The molecule has 3 heteroatoms. The van der Waals surface area contributed by atoms with Crippen molar-refractivity contribution in [1.82, 2.24) is 9.97 Å². The minimum Gasteiger partial charge on any atom is -0.261 e. The van der Waals surface area contributed by atoms with Gasteiger partial charge in [0.05, 0.1) is 18.0 Å². The molecular weight excluding hydrogens is 246 g/mol. The van der Waals surface area contributed by atoms with E-state index in [0.717, 1.165) is 11.1 Å². The van der Waals surface area contributed by atoms with Gasteiger partial charge in [-0.05, 0) is 29.0 Å². The van der Waals surface area contributed by atoms with Crippen molar-refractivity contribution in [3.8, 4) is 6.07 Å². The van der Waals surface area contributed by atoms with Crippen molar-refractivity contribution in [3.05, 3.63) is 59.2 Å². The summed E-state index contributed by atoms with van der Waals surface area (Å²) < 4.78 is 0. The quantitative estimate of drug-likeness (QED) is 0.831. The Morgan fingerprint density at radius 3 is 2.45 bits per heavy atom. The van der Waals surface area contributed by atoms with Gasteiger partial charge in [-0.2, -0.15) is 5.26 Å². The number of nitriles is 1. The monoisotopic (exact) mass is 265 g/mol. The van der Waals surface area contributed by atoms with Gasteiger partial charge in [-0.15, -0.1) is 0 Å². The van der Waals surface area contributed by atoms with Crippen LogP contribution < -0.4 is 0 Å². The van der Waals surface area contributed by atoms with Gasteiger partial charge in [0.1, 0.15) is 5.92 Å². The Labute approximate surface area is 120 Å². The van der Waals surface area contributed by atoms with Gasteiger partial charge in [-0.25, -0.2) is 0 Å². The number of aromatic nitrogens is 2. The van der Waals surface area contributed by atoms with Crippen LogP contribution in [0.3, 0.4) is 0 Å². The van der Waals surface area contributed by atoms with Crippen molar-refractivity contribution in [2.24, 2.45) is 0 Å². The lowest BCUT2D eigenvalue weighted by molar-refractivity contribution is 0.589. The van der Waals surface area contributed by atoms with Gasteiger partial charge in [-0.1, -0.05) is 39.0 Å². The van der Waals surface area contributed by atoms with Gasteiger partial charge in [0.25, 0.3) is 0 Å². The summed E-state index contributed by atoms with van der Waals surface area (Å²) in [6, 6.07) is 8.63. The first-order valence-electron chi connectivity index (χ1n) is 6.70. The molecule has 0 aliphatic rings. The van der Waals surface area contributed by atoms with E-state index in [9.17, 15) is 5.26 Å². The SMILES string of the molecule is Cc1cc(C(C)(C)C)ccc1C(C#N)c1cnccn1. The second-order valence-corrected chi connectivity index (χ2v) is 6.01. The summed E-state index contributed by atoms with van der Waals surface area (Å²) in [6.07, 6.45) is 4.90. The summed E-state index contributed by atoms with van der Waals surface area (Å²) in [4.78, 5) is 8.31. The van der Waals surface area contributed by atoms with Crippen molar-refractivity contribution < 1.29 is 0 Å². The minimum absolute atomic E-state index is 0.109. The highest BCUT2D eigenvalue weighted by Crippen LogP contribution is 2.29. The van der Waals surface area contributed by atoms with Crippen LogP contribution in [0.1, 0.15) is 49.1 Å².